The highest BCUT2D eigenvalue weighted by Gasteiger charge is 2.26. The molecule has 5 heteroatoms. The summed E-state index contributed by atoms with van der Waals surface area (Å²) in [6.07, 6.45) is -0.479. The first-order valence-electron chi connectivity index (χ1n) is 6.78. The van der Waals surface area contributed by atoms with Gasteiger partial charge in [0.15, 0.2) is 6.23 Å². The highest BCUT2D eigenvalue weighted by atomic mass is 16.5. The van der Waals surface area contributed by atoms with Crippen LogP contribution in [-0.2, 0) is 6.42 Å². The second-order valence-electron chi connectivity index (χ2n) is 5.16. The summed E-state index contributed by atoms with van der Waals surface area (Å²) in [4.78, 5) is 12.5. The van der Waals surface area contributed by atoms with Crippen molar-refractivity contribution in [3.63, 3.8) is 0 Å². The van der Waals surface area contributed by atoms with Gasteiger partial charge in [-0.15, -0.1) is 0 Å². The molecule has 0 spiro atoms. The van der Waals surface area contributed by atoms with Gasteiger partial charge in [0.1, 0.15) is 5.75 Å². The molecule has 1 unspecified atom stereocenters. The van der Waals surface area contributed by atoms with E-state index in [1.807, 2.05) is 36.4 Å². The maximum atomic E-state index is 12.5. The van der Waals surface area contributed by atoms with Crippen molar-refractivity contribution in [2.75, 3.05) is 7.11 Å². The summed E-state index contributed by atoms with van der Waals surface area (Å²) in [7, 11) is 1.61. The molecule has 4 rings (SSSR count). The second-order valence-corrected chi connectivity index (χ2v) is 5.16. The predicted octanol–water partition coefficient (Wildman–Crippen LogP) is 1.85. The molecule has 0 aliphatic carbocycles. The molecule has 3 aromatic rings. The Balaban J connectivity index is 2.12. The van der Waals surface area contributed by atoms with E-state index in [1.165, 1.54) is 4.68 Å². The van der Waals surface area contributed by atoms with E-state index in [9.17, 15) is 9.90 Å². The Kier molecular flexibility index (Phi) is 2.46. The van der Waals surface area contributed by atoms with Crippen molar-refractivity contribution in [3.8, 4) is 11.4 Å². The standard InChI is InChI=1S/C16H14N2O3/c1-21-11-6-7-13-10(8-11)9-15(19)18-16(20)12-4-2-3-5-14(12)17(13)18/h2-8,15,19H,9H2,1H3. The van der Waals surface area contributed by atoms with Gasteiger partial charge in [-0.05, 0) is 35.9 Å². The molecule has 0 saturated heterocycles. The first-order valence-corrected chi connectivity index (χ1v) is 6.78. The average molecular weight is 282 g/mol. The number of fused-ring (bicyclic) bond motifs is 5. The molecule has 21 heavy (non-hydrogen) atoms. The Bertz CT molecular complexity index is 908. The van der Waals surface area contributed by atoms with Crippen molar-refractivity contribution in [3.05, 3.63) is 58.4 Å². The molecule has 1 atom stereocenters. The van der Waals surface area contributed by atoms with Gasteiger partial charge in [0.2, 0.25) is 0 Å². The van der Waals surface area contributed by atoms with E-state index in [1.54, 1.807) is 17.9 Å². The van der Waals surface area contributed by atoms with Crippen LogP contribution >= 0.6 is 0 Å². The first kappa shape index (κ1) is 12.2. The Labute approximate surface area is 120 Å². The monoisotopic (exact) mass is 282 g/mol. The van der Waals surface area contributed by atoms with Gasteiger partial charge in [0.25, 0.3) is 5.56 Å². The number of nitrogens with zero attached hydrogens (tertiary/aromatic N) is 2. The van der Waals surface area contributed by atoms with Crippen molar-refractivity contribution in [1.29, 1.82) is 0 Å². The number of rotatable bonds is 1. The molecule has 1 aromatic heterocycles. The number of ether oxygens (including phenoxy) is 1. The quantitative estimate of drug-likeness (QED) is 0.741. The van der Waals surface area contributed by atoms with Crippen LogP contribution in [0.4, 0.5) is 0 Å². The minimum Gasteiger partial charge on any atom is -0.497 e. The second kappa shape index (κ2) is 4.23. The zero-order valence-electron chi connectivity index (χ0n) is 11.5. The molecule has 0 fully saturated rings. The van der Waals surface area contributed by atoms with Crippen LogP contribution in [0.5, 0.6) is 5.75 Å². The van der Waals surface area contributed by atoms with E-state index in [0.29, 0.717) is 11.8 Å². The molecule has 2 aromatic carbocycles. The molecule has 0 saturated carbocycles. The van der Waals surface area contributed by atoms with E-state index < -0.39 is 6.23 Å². The van der Waals surface area contributed by atoms with Gasteiger partial charge in [-0.1, -0.05) is 12.1 Å². The van der Waals surface area contributed by atoms with Crippen LogP contribution in [0.3, 0.4) is 0 Å². The lowest BCUT2D eigenvalue weighted by Gasteiger charge is -2.26. The molecule has 1 N–H and O–H groups in total. The summed E-state index contributed by atoms with van der Waals surface area (Å²) in [6, 6.07) is 13.1. The third-order valence-electron chi connectivity index (χ3n) is 3.99. The normalized spacial score (nSPS) is 16.6. The minimum atomic E-state index is -0.871. The molecule has 0 amide bonds. The van der Waals surface area contributed by atoms with Crippen molar-refractivity contribution >= 4 is 10.9 Å². The summed E-state index contributed by atoms with van der Waals surface area (Å²) in [5, 5.41) is 11.0. The highest BCUT2D eigenvalue weighted by Crippen LogP contribution is 2.31. The highest BCUT2D eigenvalue weighted by molar-refractivity contribution is 5.81. The number of aliphatic hydroxyl groups excluding tert-OH is 1. The van der Waals surface area contributed by atoms with E-state index >= 15 is 0 Å². The van der Waals surface area contributed by atoms with Crippen LogP contribution in [0.1, 0.15) is 11.8 Å². The van der Waals surface area contributed by atoms with Gasteiger partial charge >= 0.3 is 0 Å². The maximum absolute atomic E-state index is 12.5. The molecule has 106 valence electrons. The third-order valence-corrected chi connectivity index (χ3v) is 3.99. The Morgan fingerprint density at radius 3 is 2.86 bits per heavy atom. The molecule has 0 bridgehead atoms. The van der Waals surface area contributed by atoms with Crippen LogP contribution < -0.4 is 10.3 Å². The summed E-state index contributed by atoms with van der Waals surface area (Å²) < 4.78 is 8.45. The van der Waals surface area contributed by atoms with E-state index in [-0.39, 0.29) is 5.56 Å². The van der Waals surface area contributed by atoms with Gasteiger partial charge in [0.05, 0.1) is 23.7 Å². The number of benzene rings is 2. The van der Waals surface area contributed by atoms with E-state index in [4.69, 9.17) is 4.74 Å². The number of hydrogen-bond acceptors (Lipinski definition) is 3. The zero-order chi connectivity index (χ0) is 14.6. The summed E-state index contributed by atoms with van der Waals surface area (Å²) >= 11 is 0. The molecular weight excluding hydrogens is 268 g/mol. The van der Waals surface area contributed by atoms with Gasteiger partial charge < -0.3 is 9.84 Å². The van der Waals surface area contributed by atoms with Crippen LogP contribution in [0.15, 0.2) is 47.3 Å². The van der Waals surface area contributed by atoms with Gasteiger partial charge in [-0.25, -0.2) is 9.36 Å². The summed E-state index contributed by atoms with van der Waals surface area (Å²) in [5.41, 5.74) is 2.49. The summed E-state index contributed by atoms with van der Waals surface area (Å²) in [5.74, 6) is 0.744. The smallest absolute Gasteiger partial charge is 0.277 e. The van der Waals surface area contributed by atoms with Gasteiger partial charge in [-0.2, -0.15) is 0 Å². The van der Waals surface area contributed by atoms with Crippen molar-refractivity contribution in [2.45, 2.75) is 12.6 Å². The van der Waals surface area contributed by atoms with Crippen molar-refractivity contribution < 1.29 is 9.84 Å². The minimum absolute atomic E-state index is 0.167. The molecule has 0 radical (unpaired) electrons. The Hall–Kier alpha value is -2.53. The number of aromatic nitrogens is 2. The van der Waals surface area contributed by atoms with Crippen molar-refractivity contribution in [1.82, 2.24) is 9.36 Å². The molecular formula is C16H14N2O3. The number of hydrogen-bond donors (Lipinski definition) is 1. The van der Waals surface area contributed by atoms with E-state index in [2.05, 4.69) is 0 Å². The fourth-order valence-electron chi connectivity index (χ4n) is 3.03. The molecule has 1 aliphatic heterocycles. The fraction of sp³-hybridized carbons (Fsp3) is 0.188. The largest absolute Gasteiger partial charge is 0.497 e. The third kappa shape index (κ3) is 1.58. The van der Waals surface area contributed by atoms with Crippen molar-refractivity contribution in [2.24, 2.45) is 0 Å². The summed E-state index contributed by atoms with van der Waals surface area (Å²) in [6.45, 7) is 0. The van der Waals surface area contributed by atoms with E-state index in [0.717, 1.165) is 22.5 Å². The lowest BCUT2D eigenvalue weighted by molar-refractivity contribution is 0.0748. The number of para-hydroxylation sites is 1. The predicted molar refractivity (Wildman–Crippen MR) is 79.0 cm³/mol. The number of methoxy groups -OCH3 is 1. The lowest BCUT2D eigenvalue weighted by atomic mass is 10.1. The lowest BCUT2D eigenvalue weighted by Crippen LogP contribution is -2.32. The first-order chi connectivity index (χ1) is 10.2. The SMILES string of the molecule is COc1ccc2c(c1)CC(O)n1c(=O)c3ccccc3n1-2. The van der Waals surface area contributed by atoms with Crippen LogP contribution in [-0.4, -0.2) is 21.6 Å². The maximum Gasteiger partial charge on any atom is 0.277 e. The van der Waals surface area contributed by atoms with Gasteiger partial charge in [0, 0.05) is 6.42 Å². The Morgan fingerprint density at radius 2 is 2.05 bits per heavy atom. The molecule has 5 nitrogen and oxygen atoms in total. The average Bonchev–Trinajstić information content (AvgIpc) is 2.81. The topological polar surface area (TPSA) is 56.4 Å². The van der Waals surface area contributed by atoms with Crippen LogP contribution in [0.25, 0.3) is 16.6 Å². The zero-order valence-corrected chi connectivity index (χ0v) is 11.5. The fourth-order valence-corrected chi connectivity index (χ4v) is 3.03. The number of aliphatic hydroxyl groups is 1. The molecule has 2 heterocycles. The van der Waals surface area contributed by atoms with Crippen LogP contribution in [0.2, 0.25) is 0 Å². The van der Waals surface area contributed by atoms with Gasteiger partial charge in [-0.3, -0.25) is 4.79 Å². The molecule has 1 aliphatic rings. The van der Waals surface area contributed by atoms with Crippen LogP contribution in [0, 0.1) is 0 Å². The Morgan fingerprint density at radius 1 is 1.24 bits per heavy atom.